The highest BCUT2D eigenvalue weighted by atomic mass is 79.9. The molecule has 2 aromatic carbocycles. The molecule has 0 fully saturated rings. The Morgan fingerprint density at radius 3 is 2.81 bits per heavy atom. The van der Waals surface area contributed by atoms with Gasteiger partial charge in [-0.05, 0) is 30.7 Å². The smallest absolute Gasteiger partial charge is 0.195 e. The Kier molecular flexibility index (Phi) is 3.36. The second-order valence-corrected chi connectivity index (χ2v) is 5.69. The Hall–Kier alpha value is -2.38. The Labute approximate surface area is 130 Å². The van der Waals surface area contributed by atoms with Gasteiger partial charge in [-0.1, -0.05) is 34.1 Å². The summed E-state index contributed by atoms with van der Waals surface area (Å²) in [6.45, 7) is 1.97. The van der Waals surface area contributed by atoms with E-state index in [4.69, 9.17) is 0 Å². The highest BCUT2D eigenvalue weighted by molar-refractivity contribution is 9.10. The lowest BCUT2D eigenvalue weighted by molar-refractivity contribution is 0.104. The van der Waals surface area contributed by atoms with E-state index in [-0.39, 0.29) is 5.78 Å². The molecule has 3 rings (SSSR count). The first-order valence-electron chi connectivity index (χ1n) is 6.43. The Morgan fingerprint density at radius 2 is 2.10 bits per heavy atom. The summed E-state index contributed by atoms with van der Waals surface area (Å²) in [7, 11) is 0. The van der Waals surface area contributed by atoms with Crippen molar-refractivity contribution < 1.29 is 4.79 Å². The standard InChI is InChI=1S/C17H11BrN2O/c1-10-5-6-11(7-14(10)18)17(21)13-9-20-15-4-2-3-12(8-19)16(13)15/h2-7,9,20H,1H3. The molecule has 0 aliphatic carbocycles. The van der Waals surface area contributed by atoms with Crippen LogP contribution >= 0.6 is 15.9 Å². The van der Waals surface area contributed by atoms with Crippen molar-refractivity contribution in [3.8, 4) is 6.07 Å². The lowest BCUT2D eigenvalue weighted by Crippen LogP contribution is -2.01. The van der Waals surface area contributed by atoms with Crippen molar-refractivity contribution in [2.24, 2.45) is 0 Å². The lowest BCUT2D eigenvalue weighted by Gasteiger charge is -2.04. The summed E-state index contributed by atoms with van der Waals surface area (Å²) >= 11 is 3.44. The van der Waals surface area contributed by atoms with E-state index in [0.717, 1.165) is 15.6 Å². The predicted octanol–water partition coefficient (Wildman–Crippen LogP) is 4.34. The average molecular weight is 339 g/mol. The molecule has 4 heteroatoms. The average Bonchev–Trinajstić information content (AvgIpc) is 2.93. The number of nitrogens with one attached hydrogen (secondary N) is 1. The number of aromatic amines is 1. The van der Waals surface area contributed by atoms with Crippen LogP contribution in [0.15, 0.2) is 47.1 Å². The zero-order valence-corrected chi connectivity index (χ0v) is 12.9. The van der Waals surface area contributed by atoms with E-state index in [1.807, 2.05) is 25.1 Å². The molecule has 3 nitrogen and oxygen atoms in total. The van der Waals surface area contributed by atoms with E-state index < -0.39 is 0 Å². The number of nitrogens with zero attached hydrogens (tertiary/aromatic N) is 1. The number of aryl methyl sites for hydroxylation is 1. The number of hydrogen-bond donors (Lipinski definition) is 1. The fourth-order valence-electron chi connectivity index (χ4n) is 2.35. The number of carbonyl (C=O) groups is 1. The topological polar surface area (TPSA) is 56.6 Å². The summed E-state index contributed by atoms with van der Waals surface area (Å²) in [5, 5.41) is 9.91. The van der Waals surface area contributed by atoms with Gasteiger partial charge in [0.2, 0.25) is 0 Å². The van der Waals surface area contributed by atoms with Gasteiger partial charge in [-0.15, -0.1) is 0 Å². The minimum absolute atomic E-state index is 0.0929. The minimum atomic E-state index is -0.0929. The molecular formula is C17H11BrN2O. The van der Waals surface area contributed by atoms with Gasteiger partial charge in [-0.25, -0.2) is 0 Å². The van der Waals surface area contributed by atoms with Gasteiger partial charge in [0.25, 0.3) is 0 Å². The fourth-order valence-corrected chi connectivity index (χ4v) is 2.73. The fraction of sp³-hybridized carbons (Fsp3) is 0.0588. The number of halogens is 1. The number of rotatable bonds is 2. The molecule has 0 amide bonds. The van der Waals surface area contributed by atoms with Crippen molar-refractivity contribution in [3.05, 3.63) is 69.3 Å². The van der Waals surface area contributed by atoms with E-state index in [1.165, 1.54) is 0 Å². The molecule has 0 bridgehead atoms. The van der Waals surface area contributed by atoms with Gasteiger partial charge in [-0.3, -0.25) is 4.79 Å². The summed E-state index contributed by atoms with van der Waals surface area (Å²) in [6.07, 6.45) is 1.67. The molecule has 0 aliphatic rings. The van der Waals surface area contributed by atoms with Crippen LogP contribution in [0.2, 0.25) is 0 Å². The summed E-state index contributed by atoms with van der Waals surface area (Å²) in [5.41, 5.74) is 3.49. The third-order valence-electron chi connectivity index (χ3n) is 3.50. The molecule has 0 atom stereocenters. The van der Waals surface area contributed by atoms with Gasteiger partial charge in [0.15, 0.2) is 5.78 Å². The lowest BCUT2D eigenvalue weighted by atomic mass is 9.99. The molecule has 102 valence electrons. The molecule has 0 unspecified atom stereocenters. The van der Waals surface area contributed by atoms with Crippen LogP contribution in [0.3, 0.4) is 0 Å². The maximum absolute atomic E-state index is 12.7. The van der Waals surface area contributed by atoms with Crippen molar-refractivity contribution in [1.82, 2.24) is 4.98 Å². The normalized spacial score (nSPS) is 10.5. The number of H-pyrrole nitrogens is 1. The van der Waals surface area contributed by atoms with Crippen LogP contribution in [0.5, 0.6) is 0 Å². The van der Waals surface area contributed by atoms with Crippen LogP contribution in [0.4, 0.5) is 0 Å². The maximum atomic E-state index is 12.7. The van der Waals surface area contributed by atoms with E-state index in [9.17, 15) is 10.1 Å². The maximum Gasteiger partial charge on any atom is 0.195 e. The molecule has 1 aromatic heterocycles. The number of carbonyl (C=O) groups excluding carboxylic acids is 1. The van der Waals surface area contributed by atoms with Crippen LogP contribution in [-0.4, -0.2) is 10.8 Å². The third-order valence-corrected chi connectivity index (χ3v) is 4.36. The first-order chi connectivity index (χ1) is 10.1. The largest absolute Gasteiger partial charge is 0.360 e. The van der Waals surface area contributed by atoms with Crippen LogP contribution in [0, 0.1) is 18.3 Å². The predicted molar refractivity (Wildman–Crippen MR) is 85.3 cm³/mol. The molecule has 0 saturated heterocycles. The van der Waals surface area contributed by atoms with Crippen LogP contribution in [0.25, 0.3) is 10.9 Å². The van der Waals surface area contributed by atoms with Gasteiger partial charge < -0.3 is 4.98 Å². The third kappa shape index (κ3) is 2.26. The van der Waals surface area contributed by atoms with Crippen molar-refractivity contribution in [2.45, 2.75) is 6.92 Å². The number of benzene rings is 2. The van der Waals surface area contributed by atoms with Crippen LogP contribution < -0.4 is 0 Å². The van der Waals surface area contributed by atoms with Gasteiger partial charge in [0, 0.05) is 32.7 Å². The molecule has 0 radical (unpaired) electrons. The van der Waals surface area contributed by atoms with E-state index in [0.29, 0.717) is 22.1 Å². The van der Waals surface area contributed by atoms with E-state index in [1.54, 1.807) is 24.4 Å². The quantitative estimate of drug-likeness (QED) is 0.706. The van der Waals surface area contributed by atoms with Gasteiger partial charge in [-0.2, -0.15) is 5.26 Å². The molecular weight excluding hydrogens is 328 g/mol. The van der Waals surface area contributed by atoms with Crippen LogP contribution in [-0.2, 0) is 0 Å². The molecule has 21 heavy (non-hydrogen) atoms. The van der Waals surface area contributed by atoms with Crippen molar-refractivity contribution >= 4 is 32.6 Å². The van der Waals surface area contributed by atoms with E-state index >= 15 is 0 Å². The minimum Gasteiger partial charge on any atom is -0.360 e. The SMILES string of the molecule is Cc1ccc(C(=O)c2c[nH]c3cccc(C#N)c23)cc1Br. The number of ketones is 1. The Bertz CT molecular complexity index is 903. The molecule has 3 aromatic rings. The summed E-state index contributed by atoms with van der Waals surface area (Å²) in [4.78, 5) is 15.8. The molecule has 0 spiro atoms. The number of nitriles is 1. The number of aromatic nitrogens is 1. The van der Waals surface area contributed by atoms with Crippen molar-refractivity contribution in [3.63, 3.8) is 0 Å². The van der Waals surface area contributed by atoms with Gasteiger partial charge in [0.1, 0.15) is 0 Å². The highest BCUT2D eigenvalue weighted by Gasteiger charge is 2.17. The number of fused-ring (bicyclic) bond motifs is 1. The first-order valence-corrected chi connectivity index (χ1v) is 7.22. The zero-order chi connectivity index (χ0) is 15.0. The number of hydrogen-bond acceptors (Lipinski definition) is 2. The van der Waals surface area contributed by atoms with Crippen LogP contribution in [0.1, 0.15) is 27.0 Å². The molecule has 0 saturated carbocycles. The Morgan fingerprint density at radius 1 is 1.29 bits per heavy atom. The Balaban J connectivity index is 2.18. The molecule has 1 N–H and O–H groups in total. The first kappa shape index (κ1) is 13.6. The van der Waals surface area contributed by atoms with Gasteiger partial charge in [0.05, 0.1) is 11.6 Å². The molecule has 0 aliphatic heterocycles. The molecule has 1 heterocycles. The zero-order valence-electron chi connectivity index (χ0n) is 11.3. The van der Waals surface area contributed by atoms with Crippen molar-refractivity contribution in [1.29, 1.82) is 5.26 Å². The highest BCUT2D eigenvalue weighted by Crippen LogP contribution is 2.26. The summed E-state index contributed by atoms with van der Waals surface area (Å²) in [5.74, 6) is -0.0929. The monoisotopic (exact) mass is 338 g/mol. The van der Waals surface area contributed by atoms with Gasteiger partial charge >= 0.3 is 0 Å². The second-order valence-electron chi connectivity index (χ2n) is 4.84. The van der Waals surface area contributed by atoms with E-state index in [2.05, 4.69) is 27.0 Å². The second kappa shape index (κ2) is 5.19. The van der Waals surface area contributed by atoms with Crippen molar-refractivity contribution in [2.75, 3.05) is 0 Å². The summed E-state index contributed by atoms with van der Waals surface area (Å²) < 4.78 is 0.897. The summed E-state index contributed by atoms with van der Waals surface area (Å²) in [6, 6.07) is 13.0.